The summed E-state index contributed by atoms with van der Waals surface area (Å²) >= 11 is 0. The molecule has 0 aromatic heterocycles. The Bertz CT molecular complexity index is 295. The Morgan fingerprint density at radius 3 is 2.80 bits per heavy atom. The molecule has 3 atom stereocenters. The number of carbonyl (C=O) groups excluding carboxylic acids is 1. The maximum absolute atomic E-state index is 12.2. The van der Waals surface area contributed by atoms with Crippen LogP contribution in [0.5, 0.6) is 0 Å². The first-order valence-corrected chi connectivity index (χ1v) is 8.02. The summed E-state index contributed by atoms with van der Waals surface area (Å²) in [6.45, 7) is 7.64. The van der Waals surface area contributed by atoms with Crippen molar-refractivity contribution in [2.75, 3.05) is 39.4 Å². The predicted octanol–water partition coefficient (Wildman–Crippen LogP) is 0.588. The van der Waals surface area contributed by atoms with Crippen LogP contribution >= 0.6 is 0 Å². The lowest BCUT2D eigenvalue weighted by Gasteiger charge is -2.33. The number of carbonyl (C=O) groups is 1. The molecule has 5 nitrogen and oxygen atoms in total. The summed E-state index contributed by atoms with van der Waals surface area (Å²) in [6.07, 6.45) is 4.26. The summed E-state index contributed by atoms with van der Waals surface area (Å²) in [4.78, 5) is 14.6. The van der Waals surface area contributed by atoms with Gasteiger partial charge in [0.2, 0.25) is 5.91 Å². The van der Waals surface area contributed by atoms with Crippen LogP contribution in [0.2, 0.25) is 0 Å². The molecule has 1 heterocycles. The van der Waals surface area contributed by atoms with E-state index >= 15 is 0 Å². The number of nitrogens with one attached hydrogen (secondary N) is 1. The molecule has 1 aliphatic heterocycles. The molecular weight excluding hydrogens is 254 g/mol. The molecule has 3 unspecified atom stereocenters. The van der Waals surface area contributed by atoms with Gasteiger partial charge in [0.1, 0.15) is 0 Å². The Kier molecular flexibility index (Phi) is 6.26. The van der Waals surface area contributed by atoms with Gasteiger partial charge in [-0.05, 0) is 31.7 Å². The second kappa shape index (κ2) is 7.96. The van der Waals surface area contributed by atoms with Gasteiger partial charge in [-0.1, -0.05) is 13.3 Å². The van der Waals surface area contributed by atoms with Crippen molar-refractivity contribution >= 4 is 5.91 Å². The molecule has 1 aliphatic carbocycles. The zero-order valence-corrected chi connectivity index (χ0v) is 12.6. The molecule has 2 fully saturated rings. The van der Waals surface area contributed by atoms with E-state index in [1.54, 1.807) is 0 Å². The second-order valence-corrected chi connectivity index (χ2v) is 6.20. The van der Waals surface area contributed by atoms with Crippen LogP contribution in [0.1, 0.15) is 32.6 Å². The van der Waals surface area contributed by atoms with Gasteiger partial charge in [0.05, 0.1) is 19.1 Å². The summed E-state index contributed by atoms with van der Waals surface area (Å²) in [5.74, 6) is 0.580. The zero-order chi connectivity index (χ0) is 14.4. The number of rotatable bonds is 5. The predicted molar refractivity (Wildman–Crippen MR) is 79.4 cm³/mol. The van der Waals surface area contributed by atoms with Crippen molar-refractivity contribution in [1.82, 2.24) is 10.2 Å². The highest BCUT2D eigenvalue weighted by molar-refractivity contribution is 5.79. The highest BCUT2D eigenvalue weighted by Gasteiger charge is 2.33. The SMILES string of the molecule is CC1CCCC(N)C1C(=O)NCCCN1CCOCC1. The third-order valence-electron chi connectivity index (χ3n) is 4.63. The molecule has 1 saturated heterocycles. The summed E-state index contributed by atoms with van der Waals surface area (Å²) in [5.41, 5.74) is 6.11. The lowest BCUT2D eigenvalue weighted by atomic mass is 9.76. The second-order valence-electron chi connectivity index (χ2n) is 6.20. The van der Waals surface area contributed by atoms with Crippen molar-refractivity contribution in [2.24, 2.45) is 17.6 Å². The number of nitrogens with zero attached hydrogens (tertiary/aromatic N) is 1. The maximum Gasteiger partial charge on any atom is 0.224 e. The van der Waals surface area contributed by atoms with Crippen LogP contribution in [-0.4, -0.2) is 56.2 Å². The maximum atomic E-state index is 12.2. The molecule has 2 rings (SSSR count). The molecule has 0 aromatic rings. The number of morpholine rings is 1. The molecule has 20 heavy (non-hydrogen) atoms. The number of hydrogen-bond donors (Lipinski definition) is 2. The van der Waals surface area contributed by atoms with Gasteiger partial charge in [-0.3, -0.25) is 9.69 Å². The molecule has 2 aliphatic rings. The van der Waals surface area contributed by atoms with E-state index in [2.05, 4.69) is 17.1 Å². The van der Waals surface area contributed by atoms with E-state index in [1.165, 1.54) is 0 Å². The van der Waals surface area contributed by atoms with Crippen molar-refractivity contribution in [3.05, 3.63) is 0 Å². The molecule has 0 aromatic carbocycles. The number of nitrogens with two attached hydrogens (primary N) is 1. The molecule has 3 N–H and O–H groups in total. The van der Waals surface area contributed by atoms with Crippen molar-refractivity contribution in [3.8, 4) is 0 Å². The van der Waals surface area contributed by atoms with E-state index in [-0.39, 0.29) is 17.9 Å². The van der Waals surface area contributed by atoms with Gasteiger partial charge >= 0.3 is 0 Å². The average Bonchev–Trinajstić information content (AvgIpc) is 2.44. The van der Waals surface area contributed by atoms with Gasteiger partial charge in [-0.15, -0.1) is 0 Å². The minimum Gasteiger partial charge on any atom is -0.379 e. The number of ether oxygens (including phenoxy) is 1. The fourth-order valence-corrected chi connectivity index (χ4v) is 3.37. The Labute approximate surface area is 122 Å². The van der Waals surface area contributed by atoms with Gasteiger partial charge in [0.15, 0.2) is 0 Å². The zero-order valence-electron chi connectivity index (χ0n) is 12.6. The first-order chi connectivity index (χ1) is 9.68. The Morgan fingerprint density at radius 1 is 1.35 bits per heavy atom. The fraction of sp³-hybridized carbons (Fsp3) is 0.933. The molecule has 116 valence electrons. The molecule has 0 spiro atoms. The average molecular weight is 283 g/mol. The number of amides is 1. The lowest BCUT2D eigenvalue weighted by Crippen LogP contribution is -2.47. The monoisotopic (exact) mass is 283 g/mol. The highest BCUT2D eigenvalue weighted by atomic mass is 16.5. The van der Waals surface area contributed by atoms with E-state index in [9.17, 15) is 4.79 Å². The summed E-state index contributed by atoms with van der Waals surface area (Å²) < 4.78 is 5.32. The first-order valence-electron chi connectivity index (χ1n) is 8.02. The third-order valence-corrected chi connectivity index (χ3v) is 4.63. The first kappa shape index (κ1) is 15.7. The lowest BCUT2D eigenvalue weighted by molar-refractivity contribution is -0.128. The van der Waals surface area contributed by atoms with Crippen LogP contribution in [0.4, 0.5) is 0 Å². The van der Waals surface area contributed by atoms with E-state index in [0.717, 1.165) is 65.1 Å². The van der Waals surface area contributed by atoms with Crippen LogP contribution in [0.15, 0.2) is 0 Å². The van der Waals surface area contributed by atoms with E-state index in [0.29, 0.717) is 5.92 Å². The quantitative estimate of drug-likeness (QED) is 0.725. The minimum atomic E-state index is 0.00661. The van der Waals surface area contributed by atoms with E-state index in [1.807, 2.05) is 0 Å². The Balaban J connectivity index is 1.64. The van der Waals surface area contributed by atoms with Gasteiger partial charge < -0.3 is 15.8 Å². The van der Waals surface area contributed by atoms with Crippen molar-refractivity contribution in [1.29, 1.82) is 0 Å². The van der Waals surface area contributed by atoms with Crippen LogP contribution in [-0.2, 0) is 9.53 Å². The van der Waals surface area contributed by atoms with Crippen molar-refractivity contribution < 1.29 is 9.53 Å². The van der Waals surface area contributed by atoms with Crippen molar-refractivity contribution in [3.63, 3.8) is 0 Å². The molecule has 5 heteroatoms. The van der Waals surface area contributed by atoms with Gasteiger partial charge in [0.25, 0.3) is 0 Å². The largest absolute Gasteiger partial charge is 0.379 e. The van der Waals surface area contributed by atoms with Crippen LogP contribution in [0, 0.1) is 11.8 Å². The Morgan fingerprint density at radius 2 is 2.10 bits per heavy atom. The van der Waals surface area contributed by atoms with Gasteiger partial charge in [-0.25, -0.2) is 0 Å². The fourth-order valence-electron chi connectivity index (χ4n) is 3.37. The van der Waals surface area contributed by atoms with E-state index in [4.69, 9.17) is 10.5 Å². The topological polar surface area (TPSA) is 67.6 Å². The van der Waals surface area contributed by atoms with Gasteiger partial charge in [-0.2, -0.15) is 0 Å². The standard InChI is InChI=1S/C15H29N3O2/c1-12-4-2-5-13(16)14(12)15(19)17-6-3-7-18-8-10-20-11-9-18/h12-14H,2-11,16H2,1H3,(H,17,19). The summed E-state index contributed by atoms with van der Waals surface area (Å²) in [6, 6.07) is 0.0398. The smallest absolute Gasteiger partial charge is 0.224 e. The molecular formula is C15H29N3O2. The van der Waals surface area contributed by atoms with Crippen LogP contribution < -0.4 is 11.1 Å². The van der Waals surface area contributed by atoms with Crippen LogP contribution in [0.3, 0.4) is 0 Å². The summed E-state index contributed by atoms with van der Waals surface area (Å²) in [5, 5.41) is 3.08. The summed E-state index contributed by atoms with van der Waals surface area (Å²) in [7, 11) is 0. The Hall–Kier alpha value is -0.650. The number of hydrogen-bond acceptors (Lipinski definition) is 4. The van der Waals surface area contributed by atoms with Gasteiger partial charge in [0, 0.05) is 25.7 Å². The minimum absolute atomic E-state index is 0.00661. The third kappa shape index (κ3) is 4.43. The molecule has 1 amide bonds. The molecule has 0 bridgehead atoms. The van der Waals surface area contributed by atoms with Crippen molar-refractivity contribution in [2.45, 2.75) is 38.6 Å². The normalized spacial score (nSPS) is 32.0. The molecule has 0 radical (unpaired) electrons. The van der Waals surface area contributed by atoms with Crippen LogP contribution in [0.25, 0.3) is 0 Å². The molecule has 1 saturated carbocycles. The highest BCUT2D eigenvalue weighted by Crippen LogP contribution is 2.28. The van der Waals surface area contributed by atoms with E-state index < -0.39 is 0 Å².